The summed E-state index contributed by atoms with van der Waals surface area (Å²) in [4.78, 5) is 12.5. The van der Waals surface area contributed by atoms with Crippen LogP contribution in [0.2, 0.25) is 0 Å². The van der Waals surface area contributed by atoms with Crippen molar-refractivity contribution in [2.75, 3.05) is 21.3 Å². The molecule has 2 aromatic carbocycles. The van der Waals surface area contributed by atoms with Crippen molar-refractivity contribution in [3.63, 3.8) is 0 Å². The summed E-state index contributed by atoms with van der Waals surface area (Å²) in [5.74, 6) is 0.955. The van der Waals surface area contributed by atoms with E-state index in [1.165, 1.54) is 44.1 Å². The Labute approximate surface area is 150 Å². The highest BCUT2D eigenvalue weighted by molar-refractivity contribution is 5.70. The average molecular weight is 355 g/mol. The van der Waals surface area contributed by atoms with Gasteiger partial charge in [0.1, 0.15) is 5.82 Å². The van der Waals surface area contributed by atoms with Gasteiger partial charge in [0.25, 0.3) is 5.56 Å². The van der Waals surface area contributed by atoms with E-state index >= 15 is 0 Å². The first kappa shape index (κ1) is 17.5. The third-order valence-corrected chi connectivity index (χ3v) is 3.98. The van der Waals surface area contributed by atoms with Gasteiger partial charge in [0.2, 0.25) is 5.75 Å². The molecule has 0 radical (unpaired) electrons. The maximum Gasteiger partial charge on any atom is 0.255 e. The van der Waals surface area contributed by atoms with Gasteiger partial charge in [0.05, 0.1) is 32.7 Å². The molecule has 6 heteroatoms. The van der Waals surface area contributed by atoms with E-state index in [0.29, 0.717) is 34.2 Å². The van der Waals surface area contributed by atoms with Crippen LogP contribution >= 0.6 is 0 Å². The second kappa shape index (κ2) is 7.31. The van der Waals surface area contributed by atoms with Crippen LogP contribution in [0, 0.1) is 5.82 Å². The molecule has 134 valence electrons. The number of rotatable bonds is 5. The first-order valence-electron chi connectivity index (χ1n) is 7.87. The van der Waals surface area contributed by atoms with Crippen LogP contribution in [0.4, 0.5) is 4.39 Å². The quantitative estimate of drug-likeness (QED) is 0.701. The van der Waals surface area contributed by atoms with Crippen LogP contribution in [0.15, 0.2) is 59.4 Å². The summed E-state index contributed by atoms with van der Waals surface area (Å²) in [6.45, 7) is 0. The molecule has 1 heterocycles. The van der Waals surface area contributed by atoms with Gasteiger partial charge in [0.15, 0.2) is 11.5 Å². The van der Waals surface area contributed by atoms with Gasteiger partial charge >= 0.3 is 0 Å². The van der Waals surface area contributed by atoms with Gasteiger partial charge in [-0.15, -0.1) is 0 Å². The molecule has 0 saturated heterocycles. The van der Waals surface area contributed by atoms with E-state index in [0.717, 1.165) is 0 Å². The molecular weight excluding hydrogens is 337 g/mol. The highest BCUT2D eigenvalue weighted by Crippen LogP contribution is 2.41. The maximum absolute atomic E-state index is 13.7. The van der Waals surface area contributed by atoms with Crippen molar-refractivity contribution < 1.29 is 18.6 Å². The maximum atomic E-state index is 13.7. The molecule has 0 aliphatic rings. The topological polar surface area (TPSA) is 49.7 Å². The van der Waals surface area contributed by atoms with Crippen LogP contribution in [-0.4, -0.2) is 25.9 Å². The Morgan fingerprint density at radius 1 is 0.846 bits per heavy atom. The van der Waals surface area contributed by atoms with Crippen molar-refractivity contribution in [3.05, 3.63) is 70.8 Å². The lowest BCUT2D eigenvalue weighted by Gasteiger charge is -2.17. The minimum Gasteiger partial charge on any atom is -0.493 e. The molecule has 0 bridgehead atoms. The molecule has 3 aromatic rings. The molecule has 0 fully saturated rings. The van der Waals surface area contributed by atoms with E-state index in [9.17, 15) is 9.18 Å². The zero-order valence-electron chi connectivity index (χ0n) is 14.7. The van der Waals surface area contributed by atoms with Crippen LogP contribution in [0.1, 0.15) is 0 Å². The van der Waals surface area contributed by atoms with E-state index in [1.54, 1.807) is 36.4 Å². The molecule has 0 amide bonds. The van der Waals surface area contributed by atoms with Gasteiger partial charge in [-0.2, -0.15) is 0 Å². The van der Waals surface area contributed by atoms with Gasteiger partial charge in [-0.05, 0) is 36.4 Å². The second-order valence-corrected chi connectivity index (χ2v) is 5.48. The number of ether oxygens (including phenoxy) is 3. The lowest BCUT2D eigenvalue weighted by Crippen LogP contribution is -2.18. The molecule has 0 atom stereocenters. The Bertz CT molecular complexity index is 972. The molecule has 1 aromatic heterocycles. The third-order valence-electron chi connectivity index (χ3n) is 3.98. The van der Waals surface area contributed by atoms with E-state index in [2.05, 4.69) is 0 Å². The highest BCUT2D eigenvalue weighted by Gasteiger charge is 2.17. The Morgan fingerprint density at radius 2 is 1.50 bits per heavy atom. The largest absolute Gasteiger partial charge is 0.493 e. The standard InChI is InChI=1S/C20H18FNO4/c1-24-17-10-13(11-18(25-2)20(17)26-3)16-8-5-9-19(23)22(16)15-7-4-6-14(21)12-15/h4-12H,1-3H3. The molecule has 0 spiro atoms. The van der Waals surface area contributed by atoms with Crippen molar-refractivity contribution in [3.8, 4) is 34.2 Å². The number of nitrogens with zero attached hydrogens (tertiary/aromatic N) is 1. The van der Waals surface area contributed by atoms with Crippen LogP contribution in [0.5, 0.6) is 17.2 Å². The molecule has 5 nitrogen and oxygen atoms in total. The fraction of sp³-hybridized carbons (Fsp3) is 0.150. The van der Waals surface area contributed by atoms with E-state index in [-0.39, 0.29) is 5.56 Å². The first-order chi connectivity index (χ1) is 12.6. The SMILES string of the molecule is COc1cc(-c2cccc(=O)n2-c2cccc(F)c2)cc(OC)c1OC. The summed E-state index contributed by atoms with van der Waals surface area (Å²) in [5.41, 5.74) is 1.39. The van der Waals surface area contributed by atoms with Gasteiger partial charge in [-0.25, -0.2) is 4.39 Å². The molecule has 0 aliphatic heterocycles. The smallest absolute Gasteiger partial charge is 0.255 e. The predicted octanol–water partition coefficient (Wildman–Crippen LogP) is 3.67. The number of hydrogen-bond acceptors (Lipinski definition) is 4. The molecule has 0 N–H and O–H groups in total. The Morgan fingerprint density at radius 3 is 2.08 bits per heavy atom. The Kier molecular flexibility index (Phi) is 4.93. The first-order valence-corrected chi connectivity index (χ1v) is 7.87. The molecule has 0 saturated carbocycles. The van der Waals surface area contributed by atoms with E-state index in [1.807, 2.05) is 0 Å². The summed E-state index contributed by atoms with van der Waals surface area (Å²) in [7, 11) is 4.56. The highest BCUT2D eigenvalue weighted by atomic mass is 19.1. The Hall–Kier alpha value is -3.28. The van der Waals surface area contributed by atoms with Crippen molar-refractivity contribution in [2.24, 2.45) is 0 Å². The van der Waals surface area contributed by atoms with Gasteiger partial charge in [-0.1, -0.05) is 12.1 Å². The Balaban J connectivity index is 2.29. The van der Waals surface area contributed by atoms with E-state index < -0.39 is 5.82 Å². The lowest BCUT2D eigenvalue weighted by molar-refractivity contribution is 0.324. The summed E-state index contributed by atoms with van der Waals surface area (Å²) < 4.78 is 31.2. The normalized spacial score (nSPS) is 10.5. The lowest BCUT2D eigenvalue weighted by atomic mass is 10.1. The predicted molar refractivity (Wildman–Crippen MR) is 97.1 cm³/mol. The molecule has 3 rings (SSSR count). The number of pyridine rings is 1. The van der Waals surface area contributed by atoms with Crippen LogP contribution < -0.4 is 19.8 Å². The third kappa shape index (κ3) is 3.13. The van der Waals surface area contributed by atoms with Gasteiger partial charge in [-0.3, -0.25) is 9.36 Å². The van der Waals surface area contributed by atoms with Crippen molar-refractivity contribution in [2.45, 2.75) is 0 Å². The van der Waals surface area contributed by atoms with Gasteiger partial charge < -0.3 is 14.2 Å². The van der Waals surface area contributed by atoms with Crippen LogP contribution in [0.25, 0.3) is 16.9 Å². The average Bonchev–Trinajstić information content (AvgIpc) is 2.66. The summed E-state index contributed by atoms with van der Waals surface area (Å²) in [6.07, 6.45) is 0. The number of methoxy groups -OCH3 is 3. The monoisotopic (exact) mass is 355 g/mol. The van der Waals surface area contributed by atoms with Crippen molar-refractivity contribution in [1.29, 1.82) is 0 Å². The van der Waals surface area contributed by atoms with Crippen molar-refractivity contribution in [1.82, 2.24) is 4.57 Å². The summed E-state index contributed by atoms with van der Waals surface area (Å²) in [5, 5.41) is 0. The minimum atomic E-state index is -0.422. The molecule has 0 aliphatic carbocycles. The summed E-state index contributed by atoms with van der Waals surface area (Å²) in [6, 6.07) is 14.2. The molecule has 26 heavy (non-hydrogen) atoms. The second-order valence-electron chi connectivity index (χ2n) is 5.48. The van der Waals surface area contributed by atoms with Gasteiger partial charge in [0, 0.05) is 11.6 Å². The number of hydrogen-bond donors (Lipinski definition) is 0. The molecular formula is C20H18FNO4. The number of halogens is 1. The van der Waals surface area contributed by atoms with Crippen LogP contribution in [0.3, 0.4) is 0 Å². The molecule has 0 unspecified atom stereocenters. The fourth-order valence-corrected chi connectivity index (χ4v) is 2.83. The van der Waals surface area contributed by atoms with Crippen molar-refractivity contribution >= 4 is 0 Å². The van der Waals surface area contributed by atoms with Crippen LogP contribution in [-0.2, 0) is 0 Å². The minimum absolute atomic E-state index is 0.276. The fourth-order valence-electron chi connectivity index (χ4n) is 2.83. The zero-order valence-corrected chi connectivity index (χ0v) is 14.7. The number of benzene rings is 2. The number of aromatic nitrogens is 1. The summed E-state index contributed by atoms with van der Waals surface area (Å²) >= 11 is 0. The zero-order chi connectivity index (χ0) is 18.7. The van der Waals surface area contributed by atoms with E-state index in [4.69, 9.17) is 14.2 Å².